The number of rotatable bonds is 6. The predicted octanol–water partition coefficient (Wildman–Crippen LogP) is 3.18. The third-order valence-corrected chi connectivity index (χ3v) is 5.74. The van der Waals surface area contributed by atoms with Crippen molar-refractivity contribution in [3.05, 3.63) is 59.2 Å². The summed E-state index contributed by atoms with van der Waals surface area (Å²) in [6, 6.07) is 12.2. The van der Waals surface area contributed by atoms with E-state index in [1.54, 1.807) is 6.07 Å². The summed E-state index contributed by atoms with van der Waals surface area (Å²) in [4.78, 5) is 27.1. The molecule has 0 saturated carbocycles. The largest absolute Gasteiger partial charge is 0.494 e. The number of aliphatic imine (C=N–C) groups is 1. The lowest BCUT2D eigenvalue weighted by molar-refractivity contribution is 0.0697. The number of nitrogens with one attached hydrogen (secondary N) is 2. The molecular weight excluding hydrogens is 481 g/mol. The Morgan fingerprint density at radius 1 is 1.15 bits per heavy atom. The van der Waals surface area contributed by atoms with Crippen molar-refractivity contribution in [1.82, 2.24) is 15.2 Å². The lowest BCUT2D eigenvalue weighted by Crippen LogP contribution is -2.44. The molecule has 0 amide bonds. The van der Waals surface area contributed by atoms with Crippen molar-refractivity contribution in [3.63, 3.8) is 0 Å². The molecule has 1 fully saturated rings. The molecule has 3 heterocycles. The van der Waals surface area contributed by atoms with Crippen LogP contribution in [0.2, 0.25) is 0 Å². The number of piperazine rings is 1. The zero-order valence-electron chi connectivity index (χ0n) is 18.2. The molecule has 4 N–H and O–H groups in total. The van der Waals surface area contributed by atoms with Crippen LogP contribution in [0.25, 0.3) is 10.9 Å². The van der Waals surface area contributed by atoms with E-state index in [0.29, 0.717) is 34.5 Å². The maximum Gasteiger partial charge on any atom is 0.335 e. The number of para-hydroxylation sites is 1. The number of fused-ring (bicyclic) bond motifs is 2. The molecule has 0 unspecified atom stereocenters. The number of aromatic carboxylic acids is 1. The number of carboxylic acids is 1. The fourth-order valence-electron chi connectivity index (χ4n) is 4.10. The van der Waals surface area contributed by atoms with E-state index in [-0.39, 0.29) is 36.3 Å². The summed E-state index contributed by atoms with van der Waals surface area (Å²) < 4.78 is 0. The Labute approximate surface area is 208 Å². The maximum atomic E-state index is 11.5. The molecule has 34 heavy (non-hydrogen) atoms. The van der Waals surface area contributed by atoms with Crippen LogP contribution in [0.3, 0.4) is 0 Å². The van der Waals surface area contributed by atoms with Gasteiger partial charge in [-0.2, -0.15) is 0 Å². The average Bonchev–Trinajstić information content (AvgIpc) is 3.33. The highest BCUT2D eigenvalue weighted by Crippen LogP contribution is 2.36. The predicted molar refractivity (Wildman–Crippen MR) is 136 cm³/mol. The second-order valence-corrected chi connectivity index (χ2v) is 7.76. The topological polar surface area (TPSA) is 123 Å². The van der Waals surface area contributed by atoms with Gasteiger partial charge in [0.05, 0.1) is 16.8 Å². The molecule has 2 aromatic carbocycles. The number of aromatic nitrogens is 1. The van der Waals surface area contributed by atoms with Gasteiger partial charge < -0.3 is 25.4 Å². The van der Waals surface area contributed by atoms with Crippen LogP contribution < -0.4 is 5.32 Å². The second-order valence-electron chi connectivity index (χ2n) is 7.76. The van der Waals surface area contributed by atoms with Crippen LogP contribution in [-0.2, 0) is 4.84 Å². The standard InChI is InChI=1S/C23H23N5O4.2ClH/c29-22-19(16-13-14(23(30)31)5-6-18(16)26-22)21-20(15-3-1-2-4-17(15)25-21)27-32-12-11-28-9-7-24-8-10-28;;/h1-6,13,24,26,29H,7-12H2,(H,30,31);2*1H/b27-20+;;. The normalized spacial score (nSPS) is 16.5. The van der Waals surface area contributed by atoms with E-state index in [9.17, 15) is 15.0 Å². The van der Waals surface area contributed by atoms with Gasteiger partial charge in [-0.25, -0.2) is 9.79 Å². The van der Waals surface area contributed by atoms with Crippen molar-refractivity contribution in [1.29, 1.82) is 0 Å². The summed E-state index contributed by atoms with van der Waals surface area (Å²) in [5.74, 6) is -1.14. The molecule has 180 valence electrons. The van der Waals surface area contributed by atoms with Gasteiger partial charge >= 0.3 is 5.97 Å². The van der Waals surface area contributed by atoms with E-state index in [1.807, 2.05) is 24.3 Å². The zero-order valence-corrected chi connectivity index (χ0v) is 19.8. The van der Waals surface area contributed by atoms with Gasteiger partial charge in [0.25, 0.3) is 0 Å². The molecule has 1 saturated heterocycles. The summed E-state index contributed by atoms with van der Waals surface area (Å²) in [6.45, 7) is 5.10. The number of aromatic amines is 1. The van der Waals surface area contributed by atoms with Gasteiger partial charge in [0.15, 0.2) is 5.88 Å². The quantitative estimate of drug-likeness (QED) is 0.301. The fraction of sp³-hybridized carbons (Fsp3) is 0.261. The molecular formula is C23H25Cl2N5O4. The first kappa shape index (κ1) is 25.5. The van der Waals surface area contributed by atoms with Crippen LogP contribution in [0.5, 0.6) is 5.88 Å². The Morgan fingerprint density at radius 3 is 2.68 bits per heavy atom. The highest BCUT2D eigenvalue weighted by Gasteiger charge is 2.29. The van der Waals surface area contributed by atoms with Crippen molar-refractivity contribution < 1.29 is 19.8 Å². The van der Waals surface area contributed by atoms with E-state index in [4.69, 9.17) is 4.84 Å². The lowest BCUT2D eigenvalue weighted by atomic mass is 10.00. The molecule has 2 aliphatic heterocycles. The molecule has 9 nitrogen and oxygen atoms in total. The number of aromatic hydroxyl groups is 1. The number of benzene rings is 2. The third-order valence-electron chi connectivity index (χ3n) is 5.74. The van der Waals surface area contributed by atoms with Gasteiger partial charge in [-0.15, -0.1) is 24.8 Å². The number of H-pyrrole nitrogens is 1. The molecule has 3 aromatic rings. The van der Waals surface area contributed by atoms with Crippen molar-refractivity contribution in [3.8, 4) is 5.88 Å². The molecule has 0 atom stereocenters. The summed E-state index contributed by atoms with van der Waals surface area (Å²) >= 11 is 0. The Hall–Kier alpha value is -3.11. The summed E-state index contributed by atoms with van der Waals surface area (Å²) in [5.41, 5.74) is 3.61. The van der Waals surface area contributed by atoms with Crippen molar-refractivity contribution in [2.24, 2.45) is 10.1 Å². The van der Waals surface area contributed by atoms with Crippen molar-refractivity contribution in [2.75, 3.05) is 39.3 Å². The number of carbonyl (C=O) groups is 1. The van der Waals surface area contributed by atoms with Crippen molar-refractivity contribution in [2.45, 2.75) is 0 Å². The van der Waals surface area contributed by atoms with E-state index < -0.39 is 5.97 Å². The highest BCUT2D eigenvalue weighted by atomic mass is 35.5. The number of carboxylic acid groups (broad SMARTS) is 1. The number of halogens is 2. The Balaban J connectivity index is 0.00000162. The molecule has 0 spiro atoms. The van der Waals surface area contributed by atoms with Gasteiger partial charge in [-0.3, -0.25) is 4.90 Å². The minimum Gasteiger partial charge on any atom is -0.494 e. The Kier molecular flexibility index (Phi) is 8.16. The SMILES string of the molecule is Cl.Cl.O=C(O)c1ccc2[nH]c(O)c(C3=Nc4ccccc4/C3=N\OCCN3CCNCC3)c2c1. The van der Waals surface area contributed by atoms with Crippen molar-refractivity contribution >= 4 is 58.8 Å². The van der Waals surface area contributed by atoms with Gasteiger partial charge in [0.2, 0.25) is 0 Å². The first-order chi connectivity index (χ1) is 15.6. The van der Waals surface area contributed by atoms with Crippen LogP contribution in [0.15, 0.2) is 52.6 Å². The molecule has 2 aliphatic rings. The zero-order chi connectivity index (χ0) is 22.1. The van der Waals surface area contributed by atoms with Gasteiger partial charge in [-0.05, 0) is 24.3 Å². The first-order valence-corrected chi connectivity index (χ1v) is 10.5. The smallest absolute Gasteiger partial charge is 0.335 e. The Bertz CT molecular complexity index is 1250. The minimum atomic E-state index is -1.04. The lowest BCUT2D eigenvalue weighted by Gasteiger charge is -2.26. The van der Waals surface area contributed by atoms with Gasteiger partial charge in [-0.1, -0.05) is 23.4 Å². The van der Waals surface area contributed by atoms with Crippen LogP contribution in [0.1, 0.15) is 21.5 Å². The van der Waals surface area contributed by atoms with Crippen LogP contribution in [-0.4, -0.2) is 76.8 Å². The number of oxime groups is 1. The molecule has 1 aromatic heterocycles. The summed E-state index contributed by atoms with van der Waals surface area (Å²) in [5, 5.41) is 28.3. The Morgan fingerprint density at radius 2 is 1.91 bits per heavy atom. The highest BCUT2D eigenvalue weighted by molar-refractivity contribution is 6.58. The maximum absolute atomic E-state index is 11.5. The fourth-order valence-corrected chi connectivity index (χ4v) is 4.10. The molecule has 11 heteroatoms. The monoisotopic (exact) mass is 505 g/mol. The van der Waals surface area contributed by atoms with Gasteiger partial charge in [0, 0.05) is 49.2 Å². The molecule has 0 aliphatic carbocycles. The number of hydrogen-bond acceptors (Lipinski definition) is 7. The van der Waals surface area contributed by atoms with Crippen LogP contribution in [0, 0.1) is 0 Å². The summed E-state index contributed by atoms with van der Waals surface area (Å²) in [7, 11) is 0. The third kappa shape index (κ3) is 4.88. The van der Waals surface area contributed by atoms with E-state index in [0.717, 1.165) is 44.0 Å². The number of hydrogen-bond donors (Lipinski definition) is 4. The summed E-state index contributed by atoms with van der Waals surface area (Å²) in [6.07, 6.45) is 0. The van der Waals surface area contributed by atoms with E-state index >= 15 is 0 Å². The van der Waals surface area contributed by atoms with E-state index in [1.165, 1.54) is 12.1 Å². The van der Waals surface area contributed by atoms with Crippen LogP contribution >= 0.6 is 24.8 Å². The molecule has 0 bridgehead atoms. The van der Waals surface area contributed by atoms with Crippen LogP contribution in [0.4, 0.5) is 5.69 Å². The first-order valence-electron chi connectivity index (χ1n) is 10.5. The molecule has 5 rings (SSSR count). The number of nitrogens with zero attached hydrogens (tertiary/aromatic N) is 3. The molecule has 0 radical (unpaired) electrons. The minimum absolute atomic E-state index is 0. The second kappa shape index (κ2) is 10.9. The average molecular weight is 506 g/mol. The van der Waals surface area contributed by atoms with E-state index in [2.05, 4.69) is 25.3 Å². The van der Waals surface area contributed by atoms with Gasteiger partial charge in [0.1, 0.15) is 18.0 Å².